The lowest BCUT2D eigenvalue weighted by molar-refractivity contribution is -0.151. The Morgan fingerprint density at radius 3 is 1.33 bits per heavy atom. The molecule has 0 radical (unpaired) electrons. The number of rotatable bonds is 45. The van der Waals surface area contributed by atoms with Gasteiger partial charge in [-0.05, 0) is 59.3 Å². The Hall–Kier alpha value is -1.34. The van der Waals surface area contributed by atoms with Crippen LogP contribution in [0.4, 0.5) is 4.79 Å². The molecule has 1 N–H and O–H groups in total. The topological polar surface area (TPSA) is 83.1 Å². The van der Waals surface area contributed by atoms with E-state index in [-0.39, 0.29) is 23.8 Å². The summed E-state index contributed by atoms with van der Waals surface area (Å²) in [6.45, 7) is 14.0. The minimum atomic E-state index is -0.464. The zero-order valence-electron chi connectivity index (χ0n) is 40.1. The van der Waals surface area contributed by atoms with Crippen molar-refractivity contribution >= 4 is 12.1 Å². The zero-order chi connectivity index (χ0) is 42.8. The normalized spacial score (nSPS) is 13.4. The van der Waals surface area contributed by atoms with Crippen LogP contribution in [0.3, 0.4) is 0 Å². The number of ether oxygens (including phenoxy) is 4. The molecule has 0 aliphatic carbocycles. The first-order valence-corrected chi connectivity index (χ1v) is 25.4. The summed E-state index contributed by atoms with van der Waals surface area (Å²) in [5.74, 6) is -0.160. The molecule has 0 spiro atoms. The van der Waals surface area contributed by atoms with Gasteiger partial charge in [-0.1, -0.05) is 207 Å². The van der Waals surface area contributed by atoms with Crippen LogP contribution >= 0.6 is 0 Å². The number of alkyl carbamates (subject to hydrolysis) is 1. The van der Waals surface area contributed by atoms with Crippen molar-refractivity contribution in [1.82, 2.24) is 5.32 Å². The number of nitrogens with one attached hydrogen (secondary N) is 1. The molecule has 0 aliphatic rings. The largest absolute Gasteiger partial charge is 0.459 e. The van der Waals surface area contributed by atoms with Crippen molar-refractivity contribution in [3.05, 3.63) is 0 Å². The number of amides is 1. The van der Waals surface area contributed by atoms with Gasteiger partial charge in [0.1, 0.15) is 12.7 Å². The van der Waals surface area contributed by atoms with Crippen LogP contribution in [0.5, 0.6) is 0 Å². The van der Waals surface area contributed by atoms with E-state index in [1.807, 2.05) is 0 Å². The highest BCUT2D eigenvalue weighted by Crippen LogP contribution is 2.23. The standard InChI is InChI=1S/C51H101NO6/c1-8-11-13-15-17-19-21-23-25-27-28-30-32-34-36-38-40-47(46-56-49(54)52-44-42-51(6,10-3)57-45-43-50(4,5)55-7)58-48(53)41-39-37-35-33-31-29-26-24-22-20-18-16-14-12-9-2/h47H,8-46H2,1-7H3,(H,52,54). The number of unbranched alkanes of at least 4 members (excludes halogenated alkanes) is 29. The summed E-state index contributed by atoms with van der Waals surface area (Å²) in [6.07, 6.45) is 43.3. The Labute approximate surface area is 361 Å². The molecule has 58 heavy (non-hydrogen) atoms. The van der Waals surface area contributed by atoms with E-state index in [0.29, 0.717) is 26.0 Å². The molecular formula is C51H101NO6. The second-order valence-electron chi connectivity index (χ2n) is 18.5. The first-order chi connectivity index (χ1) is 28.1. The molecule has 0 heterocycles. The van der Waals surface area contributed by atoms with E-state index in [2.05, 4.69) is 46.9 Å². The third-order valence-corrected chi connectivity index (χ3v) is 12.4. The lowest BCUT2D eigenvalue weighted by Gasteiger charge is -2.31. The van der Waals surface area contributed by atoms with Crippen LogP contribution in [0.1, 0.15) is 273 Å². The van der Waals surface area contributed by atoms with E-state index in [4.69, 9.17) is 18.9 Å². The summed E-state index contributed by atoms with van der Waals surface area (Å²) in [7, 11) is 1.72. The average molecular weight is 824 g/mol. The highest BCUT2D eigenvalue weighted by molar-refractivity contribution is 5.69. The molecule has 0 aromatic carbocycles. The maximum absolute atomic E-state index is 12.9. The number of hydrogen-bond donors (Lipinski definition) is 1. The van der Waals surface area contributed by atoms with Crippen LogP contribution in [0.15, 0.2) is 0 Å². The summed E-state index contributed by atoms with van der Waals surface area (Å²) in [5.41, 5.74) is -0.565. The number of carbonyl (C=O) groups is 2. The SMILES string of the molecule is CCCCCCCCCCCCCCCCCCC(COC(=O)NCCC(C)(CC)OCCC(C)(C)OC)OC(=O)CCCCCCCCCCCCCCCCC. The van der Waals surface area contributed by atoms with Gasteiger partial charge in [0.25, 0.3) is 0 Å². The highest BCUT2D eigenvalue weighted by atomic mass is 16.6. The lowest BCUT2D eigenvalue weighted by Crippen LogP contribution is -2.37. The van der Waals surface area contributed by atoms with Gasteiger partial charge in [-0.3, -0.25) is 4.79 Å². The zero-order valence-corrected chi connectivity index (χ0v) is 40.1. The van der Waals surface area contributed by atoms with Gasteiger partial charge < -0.3 is 24.3 Å². The second kappa shape index (κ2) is 41.0. The number of esters is 1. The summed E-state index contributed by atoms with van der Waals surface area (Å²) in [5, 5.41) is 2.90. The van der Waals surface area contributed by atoms with Crippen LogP contribution in [-0.4, -0.2) is 56.2 Å². The van der Waals surface area contributed by atoms with Gasteiger partial charge in [0.15, 0.2) is 0 Å². The molecule has 2 unspecified atom stereocenters. The van der Waals surface area contributed by atoms with Gasteiger partial charge >= 0.3 is 12.1 Å². The van der Waals surface area contributed by atoms with Crippen molar-refractivity contribution in [2.45, 2.75) is 290 Å². The molecule has 0 fully saturated rings. The summed E-state index contributed by atoms with van der Waals surface area (Å²) < 4.78 is 23.3. The fourth-order valence-corrected chi connectivity index (χ4v) is 7.63. The monoisotopic (exact) mass is 824 g/mol. The number of hydrogen-bond acceptors (Lipinski definition) is 6. The van der Waals surface area contributed by atoms with E-state index >= 15 is 0 Å². The third kappa shape index (κ3) is 38.8. The fourth-order valence-electron chi connectivity index (χ4n) is 7.63. The first kappa shape index (κ1) is 56.7. The van der Waals surface area contributed by atoms with Crippen molar-refractivity contribution < 1.29 is 28.5 Å². The minimum absolute atomic E-state index is 0.100. The van der Waals surface area contributed by atoms with Gasteiger partial charge in [-0.25, -0.2) is 4.79 Å². The molecular weight excluding hydrogens is 723 g/mol. The third-order valence-electron chi connectivity index (χ3n) is 12.4. The van der Waals surface area contributed by atoms with Crippen molar-refractivity contribution in [3.63, 3.8) is 0 Å². The number of carbonyl (C=O) groups excluding carboxylic acids is 2. The summed E-state index contributed by atoms with van der Waals surface area (Å²) in [6, 6.07) is 0. The minimum Gasteiger partial charge on any atom is -0.459 e. The lowest BCUT2D eigenvalue weighted by atomic mass is 9.98. The van der Waals surface area contributed by atoms with E-state index in [1.54, 1.807) is 7.11 Å². The molecule has 0 saturated carbocycles. The van der Waals surface area contributed by atoms with E-state index in [0.717, 1.165) is 44.9 Å². The van der Waals surface area contributed by atoms with Gasteiger partial charge in [-0.2, -0.15) is 0 Å². The fraction of sp³-hybridized carbons (Fsp3) is 0.961. The second-order valence-corrected chi connectivity index (χ2v) is 18.5. The van der Waals surface area contributed by atoms with Crippen molar-refractivity contribution in [3.8, 4) is 0 Å². The van der Waals surface area contributed by atoms with Crippen LogP contribution in [-0.2, 0) is 23.7 Å². The molecule has 7 heteroatoms. The molecule has 0 saturated heterocycles. The molecule has 0 aromatic heterocycles. The van der Waals surface area contributed by atoms with E-state index in [9.17, 15) is 9.59 Å². The summed E-state index contributed by atoms with van der Waals surface area (Å²) in [4.78, 5) is 25.6. The summed E-state index contributed by atoms with van der Waals surface area (Å²) >= 11 is 0. The Bertz CT molecular complexity index is 896. The van der Waals surface area contributed by atoms with Crippen molar-refractivity contribution in [1.29, 1.82) is 0 Å². The van der Waals surface area contributed by atoms with Crippen LogP contribution in [0.2, 0.25) is 0 Å². The Kier molecular flexibility index (Phi) is 40.1. The van der Waals surface area contributed by atoms with Crippen molar-refractivity contribution in [2.24, 2.45) is 0 Å². The smallest absolute Gasteiger partial charge is 0.407 e. The molecule has 0 aliphatic heterocycles. The molecule has 0 rings (SSSR count). The molecule has 0 bridgehead atoms. The van der Waals surface area contributed by atoms with Crippen molar-refractivity contribution in [2.75, 3.05) is 26.9 Å². The maximum atomic E-state index is 12.9. The van der Waals surface area contributed by atoms with E-state index in [1.165, 1.54) is 173 Å². The van der Waals surface area contributed by atoms with E-state index < -0.39 is 12.2 Å². The van der Waals surface area contributed by atoms with Gasteiger partial charge in [0, 0.05) is 20.1 Å². The quantitative estimate of drug-likeness (QED) is 0.0486. The Balaban J connectivity index is 4.45. The van der Waals surface area contributed by atoms with Crippen LogP contribution < -0.4 is 5.32 Å². The van der Waals surface area contributed by atoms with Crippen LogP contribution in [0, 0.1) is 0 Å². The predicted molar refractivity (Wildman–Crippen MR) is 248 cm³/mol. The highest BCUT2D eigenvalue weighted by Gasteiger charge is 2.25. The Morgan fingerprint density at radius 2 is 0.931 bits per heavy atom. The average Bonchev–Trinajstić information content (AvgIpc) is 3.21. The Morgan fingerprint density at radius 1 is 0.534 bits per heavy atom. The molecule has 0 aromatic rings. The van der Waals surface area contributed by atoms with Gasteiger partial charge in [0.2, 0.25) is 0 Å². The molecule has 346 valence electrons. The van der Waals surface area contributed by atoms with Crippen LogP contribution in [0.25, 0.3) is 0 Å². The molecule has 2 atom stereocenters. The first-order valence-electron chi connectivity index (χ1n) is 25.4. The predicted octanol–water partition coefficient (Wildman–Crippen LogP) is 15.9. The molecule has 7 nitrogen and oxygen atoms in total. The molecule has 1 amide bonds. The van der Waals surface area contributed by atoms with Gasteiger partial charge in [0.05, 0.1) is 17.8 Å². The number of methoxy groups -OCH3 is 1. The maximum Gasteiger partial charge on any atom is 0.407 e. The van der Waals surface area contributed by atoms with Gasteiger partial charge in [-0.15, -0.1) is 0 Å².